The van der Waals surface area contributed by atoms with E-state index in [-0.39, 0.29) is 11.8 Å². The van der Waals surface area contributed by atoms with Crippen LogP contribution >= 0.6 is 0 Å². The molecule has 1 heterocycles. The van der Waals surface area contributed by atoms with Crippen molar-refractivity contribution in [1.82, 2.24) is 14.7 Å². The third-order valence-corrected chi connectivity index (χ3v) is 6.24. The quantitative estimate of drug-likeness (QED) is 0.616. The summed E-state index contributed by atoms with van der Waals surface area (Å²) >= 11 is 0. The first-order valence-corrected chi connectivity index (χ1v) is 11.5. The van der Waals surface area contributed by atoms with E-state index in [2.05, 4.69) is 23.1 Å². The lowest BCUT2D eigenvalue weighted by Crippen LogP contribution is -2.39. The number of hydrogen-bond acceptors (Lipinski definition) is 3. The zero-order valence-electron chi connectivity index (χ0n) is 18.7. The summed E-state index contributed by atoms with van der Waals surface area (Å²) in [7, 11) is 4.05. The van der Waals surface area contributed by atoms with Gasteiger partial charge in [-0.1, -0.05) is 36.4 Å². The number of nitrogens with zero attached hydrogens (tertiary/aromatic N) is 3. The van der Waals surface area contributed by atoms with Crippen molar-refractivity contribution >= 4 is 11.8 Å². The van der Waals surface area contributed by atoms with Gasteiger partial charge in [0.25, 0.3) is 0 Å². The van der Waals surface area contributed by atoms with E-state index in [1.165, 1.54) is 25.0 Å². The Morgan fingerprint density at radius 1 is 1.03 bits per heavy atom. The van der Waals surface area contributed by atoms with Crippen molar-refractivity contribution in [2.45, 2.75) is 57.9 Å². The zero-order valence-corrected chi connectivity index (χ0v) is 18.7. The number of likely N-dealkylation sites (tertiary alicyclic amines) is 1. The largest absolute Gasteiger partial charge is 0.337 e. The second kappa shape index (κ2) is 11.3. The number of hydrogen-bond donors (Lipinski definition) is 0. The molecule has 1 saturated heterocycles. The lowest BCUT2D eigenvalue weighted by Gasteiger charge is -2.38. The molecule has 5 nitrogen and oxygen atoms in total. The highest BCUT2D eigenvalue weighted by molar-refractivity contribution is 5.80. The van der Waals surface area contributed by atoms with Crippen LogP contribution in [0.15, 0.2) is 42.1 Å². The summed E-state index contributed by atoms with van der Waals surface area (Å²) in [6.45, 7) is 3.01. The summed E-state index contributed by atoms with van der Waals surface area (Å²) in [5.41, 5.74) is 2.41. The Morgan fingerprint density at radius 2 is 1.80 bits per heavy atom. The van der Waals surface area contributed by atoms with Gasteiger partial charge in [0.05, 0.1) is 0 Å². The van der Waals surface area contributed by atoms with Gasteiger partial charge < -0.3 is 14.7 Å². The van der Waals surface area contributed by atoms with Gasteiger partial charge >= 0.3 is 0 Å². The van der Waals surface area contributed by atoms with Gasteiger partial charge in [-0.25, -0.2) is 0 Å². The molecule has 0 N–H and O–H groups in total. The summed E-state index contributed by atoms with van der Waals surface area (Å²) in [5, 5.41) is 0. The minimum Gasteiger partial charge on any atom is -0.337 e. The van der Waals surface area contributed by atoms with E-state index in [0.717, 1.165) is 31.5 Å². The second-order valence-corrected chi connectivity index (χ2v) is 8.90. The molecule has 1 unspecified atom stereocenters. The van der Waals surface area contributed by atoms with Gasteiger partial charge in [0.2, 0.25) is 11.8 Å². The predicted octanol–water partition coefficient (Wildman–Crippen LogP) is 4.05. The van der Waals surface area contributed by atoms with Crippen LogP contribution < -0.4 is 0 Å². The minimum absolute atomic E-state index is 0.141. The molecule has 0 spiro atoms. The number of benzene rings is 1. The van der Waals surface area contributed by atoms with Crippen LogP contribution in [0.3, 0.4) is 0 Å². The van der Waals surface area contributed by atoms with Gasteiger partial charge in [0.15, 0.2) is 0 Å². The molecule has 2 aliphatic rings. The van der Waals surface area contributed by atoms with Crippen molar-refractivity contribution in [1.29, 1.82) is 0 Å². The van der Waals surface area contributed by atoms with Crippen molar-refractivity contribution in [3.05, 3.63) is 47.7 Å². The van der Waals surface area contributed by atoms with Crippen molar-refractivity contribution in [3.8, 4) is 0 Å². The van der Waals surface area contributed by atoms with E-state index in [9.17, 15) is 9.59 Å². The van der Waals surface area contributed by atoms with E-state index in [4.69, 9.17) is 0 Å². The maximum atomic E-state index is 12.9. The fraction of sp³-hybridized carbons (Fsp3) is 0.600. The van der Waals surface area contributed by atoms with Crippen molar-refractivity contribution in [3.63, 3.8) is 0 Å². The van der Waals surface area contributed by atoms with Crippen LogP contribution in [-0.4, -0.2) is 60.2 Å². The molecule has 0 bridgehead atoms. The van der Waals surface area contributed by atoms with E-state index in [1.54, 1.807) is 0 Å². The van der Waals surface area contributed by atoms with Crippen LogP contribution in [0.5, 0.6) is 0 Å². The molecule has 1 aromatic rings. The number of allylic oxidation sites excluding steroid dienone is 2. The predicted molar refractivity (Wildman–Crippen MR) is 121 cm³/mol. The number of rotatable bonds is 9. The third-order valence-electron chi connectivity index (χ3n) is 6.24. The molecular formula is C25H37N3O2. The number of likely N-dealkylation sites (N-methyl/N-ethyl adjacent to an activating group) is 1. The van der Waals surface area contributed by atoms with Crippen molar-refractivity contribution < 1.29 is 9.59 Å². The van der Waals surface area contributed by atoms with Gasteiger partial charge in [0.1, 0.15) is 0 Å². The molecule has 3 rings (SSSR count). The summed E-state index contributed by atoms with van der Waals surface area (Å²) in [4.78, 5) is 31.8. The molecule has 0 saturated carbocycles. The SMILES string of the molecule is CN(C)CCN(Cc1ccccc1)C(=O)CCCC(=O)N1CCCC2CCCC=C21. The average molecular weight is 412 g/mol. The monoisotopic (exact) mass is 411 g/mol. The molecule has 2 amide bonds. The Hall–Kier alpha value is -2.14. The first kappa shape index (κ1) is 22.5. The molecule has 30 heavy (non-hydrogen) atoms. The lowest BCUT2D eigenvalue weighted by molar-refractivity contribution is -0.133. The van der Waals surface area contributed by atoms with Crippen LogP contribution in [0.1, 0.15) is 56.9 Å². The molecule has 1 fully saturated rings. The van der Waals surface area contributed by atoms with Gasteiger partial charge in [-0.15, -0.1) is 0 Å². The normalized spacial score (nSPS) is 18.7. The van der Waals surface area contributed by atoms with E-state index < -0.39 is 0 Å². The van der Waals surface area contributed by atoms with Gasteiger partial charge in [-0.3, -0.25) is 9.59 Å². The average Bonchev–Trinajstić information content (AvgIpc) is 2.76. The molecule has 1 aliphatic carbocycles. The van der Waals surface area contributed by atoms with Crippen LogP contribution in [0, 0.1) is 5.92 Å². The van der Waals surface area contributed by atoms with Crippen LogP contribution in [0.4, 0.5) is 0 Å². The molecule has 1 aliphatic heterocycles. The standard InChI is InChI=1S/C25H37N3O2/c1-26(2)18-19-27(20-21-10-4-3-5-11-21)24(29)15-8-16-25(30)28-17-9-13-22-12-6-7-14-23(22)28/h3-5,10-11,14,22H,6-9,12-13,15-20H2,1-2H3. The fourth-order valence-electron chi connectivity index (χ4n) is 4.55. The van der Waals surface area contributed by atoms with Gasteiger partial charge in [-0.2, -0.15) is 0 Å². The second-order valence-electron chi connectivity index (χ2n) is 8.90. The maximum absolute atomic E-state index is 12.9. The molecule has 1 atom stereocenters. The Kier molecular flexibility index (Phi) is 8.50. The van der Waals surface area contributed by atoms with E-state index in [0.29, 0.717) is 38.3 Å². The Morgan fingerprint density at radius 3 is 2.57 bits per heavy atom. The van der Waals surface area contributed by atoms with Gasteiger partial charge in [-0.05, 0) is 64.1 Å². The van der Waals surface area contributed by atoms with E-state index >= 15 is 0 Å². The van der Waals surface area contributed by atoms with Gasteiger partial charge in [0, 0.05) is 44.7 Å². The van der Waals surface area contributed by atoms with Crippen LogP contribution in [0.2, 0.25) is 0 Å². The van der Waals surface area contributed by atoms with E-state index in [1.807, 2.05) is 42.1 Å². The summed E-state index contributed by atoms with van der Waals surface area (Å²) < 4.78 is 0. The summed E-state index contributed by atoms with van der Waals surface area (Å²) in [5.74, 6) is 0.913. The summed E-state index contributed by atoms with van der Waals surface area (Å²) in [6, 6.07) is 10.1. The highest BCUT2D eigenvalue weighted by atomic mass is 16.2. The topological polar surface area (TPSA) is 43.9 Å². The number of carbonyl (C=O) groups is 2. The number of carbonyl (C=O) groups excluding carboxylic acids is 2. The Balaban J connectivity index is 1.51. The molecule has 0 aromatic heterocycles. The smallest absolute Gasteiger partial charge is 0.226 e. The number of fused-ring (bicyclic) bond motifs is 1. The van der Waals surface area contributed by atoms with Crippen LogP contribution in [-0.2, 0) is 16.1 Å². The Bertz CT molecular complexity index is 729. The van der Waals surface area contributed by atoms with Crippen molar-refractivity contribution in [2.75, 3.05) is 33.7 Å². The Labute approximate surface area is 181 Å². The number of piperidine rings is 1. The zero-order chi connectivity index (χ0) is 21.3. The third kappa shape index (κ3) is 6.43. The van der Waals surface area contributed by atoms with Crippen LogP contribution in [0.25, 0.3) is 0 Å². The summed E-state index contributed by atoms with van der Waals surface area (Å²) in [6.07, 6.45) is 9.66. The highest BCUT2D eigenvalue weighted by Gasteiger charge is 2.30. The first-order chi connectivity index (χ1) is 14.5. The lowest BCUT2D eigenvalue weighted by atomic mass is 9.85. The molecule has 0 radical (unpaired) electrons. The fourth-order valence-corrected chi connectivity index (χ4v) is 4.55. The minimum atomic E-state index is 0.141. The number of amides is 2. The molecule has 5 heteroatoms. The first-order valence-electron chi connectivity index (χ1n) is 11.5. The van der Waals surface area contributed by atoms with Crippen molar-refractivity contribution in [2.24, 2.45) is 5.92 Å². The molecule has 1 aromatic carbocycles. The molecule has 164 valence electrons. The maximum Gasteiger partial charge on any atom is 0.226 e. The highest BCUT2D eigenvalue weighted by Crippen LogP contribution is 2.35. The molecular weight excluding hydrogens is 374 g/mol.